The zero-order valence-corrected chi connectivity index (χ0v) is 34.6. The summed E-state index contributed by atoms with van der Waals surface area (Å²) in [6.45, 7) is 15.6. The molecule has 2 aliphatic rings. The van der Waals surface area contributed by atoms with Gasteiger partial charge in [-0.25, -0.2) is 19.6 Å². The Kier molecular flexibility index (Phi) is 15.8. The highest BCUT2D eigenvalue weighted by Crippen LogP contribution is 2.34. The zero-order chi connectivity index (χ0) is 40.9. The molecule has 0 saturated carbocycles. The van der Waals surface area contributed by atoms with Crippen LogP contribution in [0.1, 0.15) is 85.9 Å². The van der Waals surface area contributed by atoms with Crippen LogP contribution in [0.2, 0.25) is 0 Å². The lowest BCUT2D eigenvalue weighted by Gasteiger charge is -2.39. The molecule has 2 fully saturated rings. The number of aryl methyl sites for hydroxylation is 2. The summed E-state index contributed by atoms with van der Waals surface area (Å²) in [5, 5.41) is 11.5. The number of hydrogen-bond donors (Lipinski definition) is 1. The van der Waals surface area contributed by atoms with Crippen LogP contribution in [-0.2, 0) is 42.4 Å². The summed E-state index contributed by atoms with van der Waals surface area (Å²) >= 11 is 0. The van der Waals surface area contributed by atoms with Gasteiger partial charge in [-0.3, -0.25) is 4.79 Å². The van der Waals surface area contributed by atoms with Gasteiger partial charge in [0.25, 0.3) is 0 Å². The fourth-order valence-corrected chi connectivity index (χ4v) is 6.61. The fourth-order valence-electron chi connectivity index (χ4n) is 6.61. The van der Waals surface area contributed by atoms with Gasteiger partial charge >= 0.3 is 12.2 Å². The second-order valence-corrected chi connectivity index (χ2v) is 16.3. The molecule has 308 valence electrons. The Labute approximate surface area is 331 Å². The molecule has 0 aliphatic carbocycles. The summed E-state index contributed by atoms with van der Waals surface area (Å²) in [4.78, 5) is 47.3. The van der Waals surface area contributed by atoms with E-state index in [1.165, 1.54) is 10.4 Å². The largest absolute Gasteiger partial charge is 0.444 e. The van der Waals surface area contributed by atoms with Crippen molar-refractivity contribution in [1.82, 2.24) is 28.9 Å². The van der Waals surface area contributed by atoms with Crippen LogP contribution >= 0.6 is 0 Å². The Hall–Kier alpha value is -4.53. The van der Waals surface area contributed by atoms with Crippen LogP contribution in [0.5, 0.6) is 0 Å². The maximum absolute atomic E-state index is 12.5. The first-order valence-corrected chi connectivity index (χ1v) is 19.6. The number of imidazole rings is 2. The number of β-amino-alcohol motifs (C(OH)–C–C–N with tert-alkyl or cyclic N) is 1. The van der Waals surface area contributed by atoms with Crippen molar-refractivity contribution in [2.45, 2.75) is 110 Å². The fraction of sp³-hybridized carbons (Fsp3) is 0.595. The first-order valence-electron chi connectivity index (χ1n) is 19.6. The SMILES string of the molecule is CC(C)(C)OC(=O)N1CCCC(=O)C1.COCCCn1c(C2(O)CCCN(C(=O)OC(C)(C)C)C2)nc2ccccc21.COCCCn1cnc2ccccc21. The van der Waals surface area contributed by atoms with E-state index in [-0.39, 0.29) is 25.0 Å². The molecule has 2 aliphatic heterocycles. The van der Waals surface area contributed by atoms with Crippen molar-refractivity contribution in [3.05, 3.63) is 60.7 Å². The normalized spacial score (nSPS) is 17.6. The van der Waals surface area contributed by atoms with Crippen LogP contribution in [0.25, 0.3) is 22.1 Å². The molecule has 14 heteroatoms. The number of methoxy groups -OCH3 is 2. The number of likely N-dealkylation sites (tertiary alicyclic amines) is 2. The first kappa shape index (κ1) is 44.2. The minimum Gasteiger partial charge on any atom is -0.444 e. The van der Waals surface area contributed by atoms with Crippen molar-refractivity contribution in [2.24, 2.45) is 0 Å². The molecule has 4 heterocycles. The van der Waals surface area contributed by atoms with E-state index < -0.39 is 22.9 Å². The molecule has 14 nitrogen and oxygen atoms in total. The minimum atomic E-state index is -1.21. The number of aromatic nitrogens is 4. The number of benzene rings is 2. The number of para-hydroxylation sites is 4. The molecular weight excluding hydrogens is 716 g/mol. The highest BCUT2D eigenvalue weighted by Gasteiger charge is 2.42. The van der Waals surface area contributed by atoms with E-state index >= 15 is 0 Å². The molecule has 2 saturated heterocycles. The molecule has 0 spiro atoms. The molecule has 1 atom stereocenters. The van der Waals surface area contributed by atoms with Gasteiger partial charge in [0.15, 0.2) is 5.78 Å². The predicted molar refractivity (Wildman–Crippen MR) is 215 cm³/mol. The van der Waals surface area contributed by atoms with Crippen LogP contribution < -0.4 is 0 Å². The van der Waals surface area contributed by atoms with Crippen LogP contribution in [-0.4, -0.2) is 117 Å². The van der Waals surface area contributed by atoms with Crippen LogP contribution in [0.4, 0.5) is 9.59 Å². The third-order valence-electron chi connectivity index (χ3n) is 9.10. The van der Waals surface area contributed by atoms with Gasteiger partial charge in [-0.15, -0.1) is 0 Å². The summed E-state index contributed by atoms with van der Waals surface area (Å²) in [5.74, 6) is 0.722. The van der Waals surface area contributed by atoms with Gasteiger partial charge in [-0.2, -0.15) is 0 Å². The average Bonchev–Trinajstić information content (AvgIpc) is 3.73. The maximum atomic E-state index is 12.5. The van der Waals surface area contributed by atoms with Gasteiger partial charge in [0.05, 0.1) is 41.5 Å². The monoisotopic (exact) mass is 778 g/mol. The molecule has 56 heavy (non-hydrogen) atoms. The Bertz CT molecular complexity index is 1880. The van der Waals surface area contributed by atoms with Crippen LogP contribution in [0, 0.1) is 0 Å². The average molecular weight is 779 g/mol. The van der Waals surface area contributed by atoms with E-state index in [4.69, 9.17) is 23.9 Å². The number of hydrogen-bond acceptors (Lipinski definition) is 10. The molecular formula is C42H62N6O8. The Morgan fingerprint density at radius 1 is 0.786 bits per heavy atom. The second kappa shape index (κ2) is 20.1. The van der Waals surface area contributed by atoms with Gasteiger partial charge in [0.2, 0.25) is 0 Å². The minimum absolute atomic E-state index is 0.113. The zero-order valence-electron chi connectivity index (χ0n) is 34.6. The molecule has 1 unspecified atom stereocenters. The number of rotatable bonds is 9. The Morgan fingerprint density at radius 2 is 1.36 bits per heavy atom. The lowest BCUT2D eigenvalue weighted by molar-refractivity contribution is -0.122. The van der Waals surface area contributed by atoms with Crippen molar-refractivity contribution < 1.29 is 38.4 Å². The lowest BCUT2D eigenvalue weighted by atomic mass is 9.92. The second-order valence-electron chi connectivity index (χ2n) is 16.3. The first-order chi connectivity index (χ1) is 26.5. The van der Waals surface area contributed by atoms with E-state index in [1.54, 1.807) is 19.1 Å². The number of piperidine rings is 2. The number of carbonyl (C=O) groups is 3. The van der Waals surface area contributed by atoms with E-state index in [9.17, 15) is 19.5 Å². The molecule has 0 radical (unpaired) electrons. The molecule has 2 amide bonds. The highest BCUT2D eigenvalue weighted by atomic mass is 16.6. The van der Waals surface area contributed by atoms with Gasteiger partial charge in [0.1, 0.15) is 22.6 Å². The van der Waals surface area contributed by atoms with Gasteiger partial charge in [-0.05, 0) is 97.9 Å². The van der Waals surface area contributed by atoms with Crippen molar-refractivity contribution >= 4 is 40.0 Å². The van der Waals surface area contributed by atoms with Crippen molar-refractivity contribution in [1.29, 1.82) is 0 Å². The van der Waals surface area contributed by atoms with E-state index in [0.717, 1.165) is 49.0 Å². The molecule has 2 aromatic heterocycles. The summed E-state index contributed by atoms with van der Waals surface area (Å²) in [7, 11) is 3.41. The molecule has 6 rings (SSSR count). The third-order valence-corrected chi connectivity index (χ3v) is 9.10. The van der Waals surface area contributed by atoms with Gasteiger partial charge in [-0.1, -0.05) is 24.3 Å². The summed E-state index contributed by atoms with van der Waals surface area (Å²) in [6.07, 6.45) is 5.53. The van der Waals surface area contributed by atoms with E-state index in [0.29, 0.717) is 51.3 Å². The molecule has 2 aromatic carbocycles. The van der Waals surface area contributed by atoms with Crippen molar-refractivity contribution in [2.75, 3.05) is 53.6 Å². The highest BCUT2D eigenvalue weighted by molar-refractivity contribution is 5.85. The van der Waals surface area contributed by atoms with E-state index in [1.807, 2.05) is 90.3 Å². The smallest absolute Gasteiger partial charge is 0.410 e. The van der Waals surface area contributed by atoms with E-state index in [2.05, 4.69) is 20.2 Å². The topological polar surface area (TPSA) is 150 Å². The standard InChI is InChI=1S/C21H31N3O4.C11H14N2O.C10H17NO3/c1-20(2,3)28-19(25)23-12-7-11-21(26,15-23)18-22-16-9-5-6-10-17(16)24(18)13-8-14-27-4;1-14-8-4-7-13-9-12-10-5-2-3-6-11(10)13;1-10(2,3)14-9(13)11-6-4-5-8(12)7-11/h5-6,9-10,26H,7-8,11-15H2,1-4H3;2-3,5-6,9H,4,7-8H2,1H3;4-7H2,1-3H3. The Balaban J connectivity index is 0.000000208. The molecule has 1 N–H and O–H groups in total. The summed E-state index contributed by atoms with van der Waals surface area (Å²) < 4.78 is 25.1. The lowest BCUT2D eigenvalue weighted by Crippen LogP contribution is -2.50. The predicted octanol–water partition coefficient (Wildman–Crippen LogP) is 6.95. The molecule has 0 bridgehead atoms. The summed E-state index contributed by atoms with van der Waals surface area (Å²) in [5.41, 5.74) is 1.82. The number of fused-ring (bicyclic) bond motifs is 2. The molecule has 4 aromatic rings. The maximum Gasteiger partial charge on any atom is 0.410 e. The third kappa shape index (κ3) is 13.0. The quantitative estimate of drug-likeness (QED) is 0.177. The number of aliphatic hydroxyl groups is 1. The van der Waals surface area contributed by atoms with Crippen LogP contribution in [0.15, 0.2) is 54.9 Å². The van der Waals surface area contributed by atoms with Crippen molar-refractivity contribution in [3.63, 3.8) is 0 Å². The number of carbonyl (C=O) groups excluding carboxylic acids is 3. The van der Waals surface area contributed by atoms with Gasteiger partial charge < -0.3 is 43.0 Å². The van der Waals surface area contributed by atoms with Gasteiger partial charge in [0, 0.05) is 60.0 Å². The summed E-state index contributed by atoms with van der Waals surface area (Å²) in [6, 6.07) is 16.0. The number of ketones is 1. The van der Waals surface area contributed by atoms with Crippen molar-refractivity contribution in [3.8, 4) is 0 Å². The van der Waals surface area contributed by atoms with Crippen LogP contribution in [0.3, 0.4) is 0 Å². The Morgan fingerprint density at radius 3 is 1.98 bits per heavy atom. The number of Topliss-reactive ketones (excluding diaryl/α,β-unsaturated/α-hetero) is 1. The number of nitrogens with zero attached hydrogens (tertiary/aromatic N) is 6. The number of ether oxygens (including phenoxy) is 4. The number of amides is 2.